The third kappa shape index (κ3) is 4.78. The molecule has 0 saturated heterocycles. The predicted octanol–water partition coefficient (Wildman–Crippen LogP) is 3.54. The minimum absolute atomic E-state index is 0.297. The molecule has 102 valence electrons. The Bertz CT molecular complexity index is 383. The van der Waals surface area contributed by atoms with Crippen molar-refractivity contribution in [2.75, 3.05) is 18.5 Å². The summed E-state index contributed by atoms with van der Waals surface area (Å²) in [6.45, 7) is 4.42. The van der Waals surface area contributed by atoms with E-state index in [-0.39, 0.29) is 6.54 Å². The largest absolute Gasteiger partial charge is 0.369 e. The SMILES string of the molecule is CC(C)NCc1ccc(Cl)cc1N(C)CC(F)F. The first-order chi connectivity index (χ1) is 8.40. The summed E-state index contributed by atoms with van der Waals surface area (Å²) in [5.41, 5.74) is 1.72. The summed E-state index contributed by atoms with van der Waals surface area (Å²) in [5, 5.41) is 3.83. The fourth-order valence-electron chi connectivity index (χ4n) is 1.66. The summed E-state index contributed by atoms with van der Waals surface area (Å²) >= 11 is 5.93. The Morgan fingerprint density at radius 1 is 1.33 bits per heavy atom. The van der Waals surface area contributed by atoms with Gasteiger partial charge in [0.05, 0.1) is 6.54 Å². The van der Waals surface area contributed by atoms with Gasteiger partial charge in [-0.1, -0.05) is 31.5 Å². The Morgan fingerprint density at radius 3 is 2.56 bits per heavy atom. The number of halogens is 3. The number of alkyl halides is 2. The number of hydrogen-bond acceptors (Lipinski definition) is 2. The van der Waals surface area contributed by atoms with Crippen LogP contribution in [0, 0.1) is 0 Å². The van der Waals surface area contributed by atoms with Gasteiger partial charge in [-0.05, 0) is 17.7 Å². The highest BCUT2D eigenvalue weighted by molar-refractivity contribution is 6.30. The minimum atomic E-state index is -2.36. The third-order valence-corrected chi connectivity index (χ3v) is 2.81. The number of anilines is 1. The summed E-state index contributed by atoms with van der Waals surface area (Å²) in [6, 6.07) is 5.71. The highest BCUT2D eigenvalue weighted by Crippen LogP contribution is 2.24. The van der Waals surface area contributed by atoms with Gasteiger partial charge in [-0.15, -0.1) is 0 Å². The molecule has 0 aromatic heterocycles. The molecule has 0 spiro atoms. The van der Waals surface area contributed by atoms with Crippen LogP contribution in [0.4, 0.5) is 14.5 Å². The highest BCUT2D eigenvalue weighted by atomic mass is 35.5. The molecule has 0 amide bonds. The molecule has 0 saturated carbocycles. The molecule has 0 heterocycles. The van der Waals surface area contributed by atoms with Crippen LogP contribution in [0.25, 0.3) is 0 Å². The van der Waals surface area contributed by atoms with Gasteiger partial charge in [-0.2, -0.15) is 0 Å². The predicted molar refractivity (Wildman–Crippen MR) is 72.7 cm³/mol. The van der Waals surface area contributed by atoms with E-state index in [4.69, 9.17) is 11.6 Å². The zero-order valence-corrected chi connectivity index (χ0v) is 11.6. The molecule has 0 radical (unpaired) electrons. The van der Waals surface area contributed by atoms with E-state index >= 15 is 0 Å². The van der Waals surface area contributed by atoms with E-state index in [1.165, 1.54) is 4.90 Å². The molecule has 0 atom stereocenters. The molecule has 0 aliphatic heterocycles. The van der Waals surface area contributed by atoms with Crippen molar-refractivity contribution in [3.8, 4) is 0 Å². The summed E-state index contributed by atoms with van der Waals surface area (Å²) in [5.74, 6) is 0. The number of nitrogens with one attached hydrogen (secondary N) is 1. The molecular weight excluding hydrogens is 258 g/mol. The van der Waals surface area contributed by atoms with Crippen LogP contribution in [0.3, 0.4) is 0 Å². The fourth-order valence-corrected chi connectivity index (χ4v) is 1.83. The Balaban J connectivity index is 2.88. The van der Waals surface area contributed by atoms with Crippen molar-refractivity contribution in [1.29, 1.82) is 0 Å². The summed E-state index contributed by atoms with van der Waals surface area (Å²) in [6.07, 6.45) is -2.36. The lowest BCUT2D eigenvalue weighted by Gasteiger charge is -2.23. The molecule has 0 aliphatic carbocycles. The maximum absolute atomic E-state index is 12.4. The van der Waals surface area contributed by atoms with E-state index in [9.17, 15) is 8.78 Å². The van der Waals surface area contributed by atoms with Gasteiger partial charge in [0.1, 0.15) is 0 Å². The second-order valence-corrected chi connectivity index (χ2v) is 5.02. The van der Waals surface area contributed by atoms with Crippen molar-refractivity contribution in [3.63, 3.8) is 0 Å². The van der Waals surface area contributed by atoms with Crippen LogP contribution in [-0.2, 0) is 6.54 Å². The molecule has 2 nitrogen and oxygen atoms in total. The maximum atomic E-state index is 12.4. The number of nitrogens with zero attached hydrogens (tertiary/aromatic N) is 1. The van der Waals surface area contributed by atoms with Crippen molar-refractivity contribution < 1.29 is 8.78 Å². The Labute approximate surface area is 112 Å². The van der Waals surface area contributed by atoms with Crippen LogP contribution in [0.1, 0.15) is 19.4 Å². The average Bonchev–Trinajstić information content (AvgIpc) is 2.26. The van der Waals surface area contributed by atoms with Gasteiger partial charge in [-0.25, -0.2) is 8.78 Å². The smallest absolute Gasteiger partial charge is 0.255 e. The average molecular weight is 277 g/mol. The molecule has 1 aromatic rings. The van der Waals surface area contributed by atoms with Crippen molar-refractivity contribution in [1.82, 2.24) is 5.32 Å². The molecule has 0 unspecified atom stereocenters. The van der Waals surface area contributed by atoms with Crippen LogP contribution >= 0.6 is 11.6 Å². The van der Waals surface area contributed by atoms with Crippen LogP contribution in [0.5, 0.6) is 0 Å². The Kier molecular flexibility index (Phi) is 5.82. The van der Waals surface area contributed by atoms with E-state index in [1.807, 2.05) is 19.9 Å². The van der Waals surface area contributed by atoms with Crippen LogP contribution in [-0.4, -0.2) is 26.1 Å². The standard InChI is InChI=1S/C13H19ClF2N2/c1-9(2)17-7-10-4-5-11(14)6-12(10)18(3)8-13(15)16/h4-6,9,13,17H,7-8H2,1-3H3. The molecule has 0 aliphatic rings. The second-order valence-electron chi connectivity index (χ2n) is 4.58. The molecule has 5 heteroatoms. The van der Waals surface area contributed by atoms with Crippen molar-refractivity contribution in [2.24, 2.45) is 0 Å². The molecule has 1 aromatic carbocycles. The zero-order chi connectivity index (χ0) is 13.7. The first-order valence-corrected chi connectivity index (χ1v) is 6.29. The van der Waals surface area contributed by atoms with Crippen LogP contribution in [0.2, 0.25) is 5.02 Å². The number of hydrogen-bond donors (Lipinski definition) is 1. The zero-order valence-electron chi connectivity index (χ0n) is 10.9. The fraction of sp³-hybridized carbons (Fsp3) is 0.538. The summed E-state index contributed by atoms with van der Waals surface area (Å²) < 4.78 is 24.9. The van der Waals surface area contributed by atoms with Gasteiger partial charge in [0.25, 0.3) is 6.43 Å². The number of benzene rings is 1. The molecule has 1 N–H and O–H groups in total. The van der Waals surface area contributed by atoms with Crippen LogP contribution < -0.4 is 10.2 Å². The van der Waals surface area contributed by atoms with E-state index in [0.717, 1.165) is 11.3 Å². The maximum Gasteiger partial charge on any atom is 0.255 e. The first kappa shape index (κ1) is 15.2. The van der Waals surface area contributed by atoms with Gasteiger partial charge < -0.3 is 10.2 Å². The summed E-state index contributed by atoms with van der Waals surface area (Å²) in [7, 11) is 1.65. The molecular formula is C13H19ClF2N2. The van der Waals surface area contributed by atoms with E-state index in [1.54, 1.807) is 19.2 Å². The number of rotatable bonds is 6. The third-order valence-electron chi connectivity index (χ3n) is 2.57. The van der Waals surface area contributed by atoms with Gasteiger partial charge in [0, 0.05) is 30.3 Å². The van der Waals surface area contributed by atoms with E-state index in [0.29, 0.717) is 17.6 Å². The van der Waals surface area contributed by atoms with Gasteiger partial charge in [-0.3, -0.25) is 0 Å². The minimum Gasteiger partial charge on any atom is -0.369 e. The molecule has 0 fully saturated rings. The van der Waals surface area contributed by atoms with Crippen LogP contribution in [0.15, 0.2) is 18.2 Å². The van der Waals surface area contributed by atoms with E-state index < -0.39 is 6.43 Å². The lowest BCUT2D eigenvalue weighted by atomic mass is 10.1. The van der Waals surface area contributed by atoms with Crippen molar-refractivity contribution in [2.45, 2.75) is 32.9 Å². The van der Waals surface area contributed by atoms with Crippen molar-refractivity contribution in [3.05, 3.63) is 28.8 Å². The summed E-state index contributed by atoms with van der Waals surface area (Å²) in [4.78, 5) is 1.54. The quantitative estimate of drug-likeness (QED) is 0.855. The lowest BCUT2D eigenvalue weighted by Crippen LogP contribution is -2.27. The lowest BCUT2D eigenvalue weighted by molar-refractivity contribution is 0.156. The normalized spacial score (nSPS) is 11.3. The van der Waals surface area contributed by atoms with Gasteiger partial charge >= 0.3 is 0 Å². The van der Waals surface area contributed by atoms with Crippen molar-refractivity contribution >= 4 is 17.3 Å². The van der Waals surface area contributed by atoms with Gasteiger partial charge in [0.15, 0.2) is 0 Å². The monoisotopic (exact) mass is 276 g/mol. The molecule has 0 bridgehead atoms. The highest BCUT2D eigenvalue weighted by Gasteiger charge is 2.13. The molecule has 1 rings (SSSR count). The Hall–Kier alpha value is -0.870. The molecule has 18 heavy (non-hydrogen) atoms. The first-order valence-electron chi connectivity index (χ1n) is 5.91. The van der Waals surface area contributed by atoms with E-state index in [2.05, 4.69) is 5.32 Å². The topological polar surface area (TPSA) is 15.3 Å². The second kappa shape index (κ2) is 6.90. The van der Waals surface area contributed by atoms with Gasteiger partial charge in [0.2, 0.25) is 0 Å². The Morgan fingerprint density at radius 2 is 2.00 bits per heavy atom.